The molecule has 0 aromatic heterocycles. The summed E-state index contributed by atoms with van der Waals surface area (Å²) < 4.78 is 11.3. The van der Waals surface area contributed by atoms with Crippen LogP contribution in [0.2, 0.25) is 0 Å². The maximum atomic E-state index is 12.8. The molecular formula is C24H34N14O4. The molecule has 0 spiro atoms. The highest BCUT2D eigenvalue weighted by Crippen LogP contribution is 2.30. The molecule has 0 bridgehead atoms. The number of nitrogens with two attached hydrogens (primary N) is 8. The van der Waals surface area contributed by atoms with Crippen molar-refractivity contribution in [3.63, 3.8) is 0 Å². The normalized spacial score (nSPS) is 19.2. The smallest absolute Gasteiger partial charge is 0.411 e. The fraction of sp³-hybridized carbons (Fsp3) is 0.250. The number of nitrogens with zero attached hydrogens (tertiary/aromatic N) is 4. The van der Waals surface area contributed by atoms with Crippen LogP contribution in [0.1, 0.15) is 12.8 Å². The van der Waals surface area contributed by atoms with Gasteiger partial charge < -0.3 is 55.3 Å². The average Bonchev–Trinajstić information content (AvgIpc) is 2.87. The number of benzene rings is 2. The Bertz CT molecular complexity index is 1260. The second kappa shape index (κ2) is 13.9. The SMILES string of the molecule is NC(N)=Nc1ccc(NC(=O)O[C@H]2C[C@@H](OC(=O)Nc3ccc(N=C(N)N)cc3)[C@H](N=C(N)N)C[C@@H]2N=C(N)N)cc1. The highest BCUT2D eigenvalue weighted by Gasteiger charge is 2.42. The predicted molar refractivity (Wildman–Crippen MR) is 160 cm³/mol. The molecule has 0 radical (unpaired) electrons. The second-order valence-corrected chi connectivity index (χ2v) is 9.02. The Kier molecular flexibility index (Phi) is 10.1. The molecule has 2 aromatic carbocycles. The van der Waals surface area contributed by atoms with Crippen LogP contribution in [0, 0.1) is 0 Å². The lowest BCUT2D eigenvalue weighted by molar-refractivity contribution is 0.000155. The number of hydrogen-bond donors (Lipinski definition) is 10. The van der Waals surface area contributed by atoms with Gasteiger partial charge in [0.2, 0.25) is 0 Å². The van der Waals surface area contributed by atoms with Crippen molar-refractivity contribution in [2.45, 2.75) is 37.1 Å². The third-order valence-corrected chi connectivity index (χ3v) is 5.70. The van der Waals surface area contributed by atoms with Crippen molar-refractivity contribution in [2.75, 3.05) is 10.6 Å². The van der Waals surface area contributed by atoms with Gasteiger partial charge in [0.05, 0.1) is 23.5 Å². The first-order valence-electron chi connectivity index (χ1n) is 12.4. The fourth-order valence-electron chi connectivity index (χ4n) is 4.11. The van der Waals surface area contributed by atoms with E-state index in [0.29, 0.717) is 22.7 Å². The third-order valence-electron chi connectivity index (χ3n) is 5.70. The quantitative estimate of drug-likeness (QED) is 0.134. The number of anilines is 2. The van der Waals surface area contributed by atoms with E-state index in [1.165, 1.54) is 0 Å². The van der Waals surface area contributed by atoms with Crippen molar-refractivity contribution in [3.05, 3.63) is 48.5 Å². The zero-order valence-electron chi connectivity index (χ0n) is 22.4. The Morgan fingerprint density at radius 1 is 0.571 bits per heavy atom. The largest absolute Gasteiger partial charge is 0.444 e. The standard InChI is InChI=1S/C24H34N14O4/c25-19(26)33-11-1-5-13(6-2-11)35-23(39)41-17-10-18(16(38-22(31)32)9-15(17)37-21(29)30)42-24(40)36-14-7-3-12(4-8-14)34-20(27)28/h1-8,15-18H,9-10H2,(H,35,39)(H,36,40)(H4,25,26,33)(H4,27,28,34)(H4,29,30,37)(H4,31,32,38)/t15-,16+,17-,18+. The van der Waals surface area contributed by atoms with E-state index in [0.717, 1.165) is 0 Å². The molecule has 0 unspecified atom stereocenters. The molecule has 1 fully saturated rings. The van der Waals surface area contributed by atoms with E-state index in [9.17, 15) is 9.59 Å². The summed E-state index contributed by atoms with van der Waals surface area (Å²) in [5, 5.41) is 5.19. The molecule has 0 heterocycles. The van der Waals surface area contributed by atoms with Gasteiger partial charge in [-0.25, -0.2) is 29.6 Å². The van der Waals surface area contributed by atoms with Gasteiger partial charge in [0.15, 0.2) is 23.8 Å². The van der Waals surface area contributed by atoms with E-state index < -0.39 is 36.5 Å². The van der Waals surface area contributed by atoms with Crippen LogP contribution < -0.4 is 56.5 Å². The summed E-state index contributed by atoms with van der Waals surface area (Å²) >= 11 is 0. The molecule has 2 aromatic rings. The molecule has 1 aliphatic rings. The van der Waals surface area contributed by atoms with Gasteiger partial charge in [-0.15, -0.1) is 0 Å². The first-order valence-corrected chi connectivity index (χ1v) is 12.4. The molecule has 2 amide bonds. The molecule has 18 nitrogen and oxygen atoms in total. The van der Waals surface area contributed by atoms with Crippen LogP contribution >= 0.6 is 0 Å². The molecule has 18 heteroatoms. The lowest BCUT2D eigenvalue weighted by atomic mass is 9.86. The first kappa shape index (κ1) is 30.6. The predicted octanol–water partition coefficient (Wildman–Crippen LogP) is -0.891. The third kappa shape index (κ3) is 9.67. The van der Waals surface area contributed by atoms with Crippen LogP contribution in [-0.4, -0.2) is 60.3 Å². The molecule has 224 valence electrons. The summed E-state index contributed by atoms with van der Waals surface area (Å²) in [5.74, 6) is -0.699. The lowest BCUT2D eigenvalue weighted by Crippen LogP contribution is -2.49. The van der Waals surface area contributed by atoms with Crippen LogP contribution in [0.4, 0.5) is 32.3 Å². The van der Waals surface area contributed by atoms with E-state index in [1.54, 1.807) is 48.5 Å². The van der Waals surface area contributed by atoms with Crippen LogP contribution in [0.15, 0.2) is 68.5 Å². The Morgan fingerprint density at radius 3 is 1.24 bits per heavy atom. The summed E-state index contributed by atoms with van der Waals surface area (Å²) in [4.78, 5) is 41.7. The van der Waals surface area contributed by atoms with Gasteiger partial charge in [0.1, 0.15) is 12.2 Å². The number of hydrogen-bond acceptors (Lipinski definition) is 8. The number of aliphatic imine (C=N–C) groups is 4. The van der Waals surface area contributed by atoms with Crippen molar-refractivity contribution < 1.29 is 19.1 Å². The number of guanidine groups is 4. The Balaban J connectivity index is 1.74. The minimum absolute atomic E-state index is 0.0312. The van der Waals surface area contributed by atoms with Gasteiger partial charge in [0, 0.05) is 17.8 Å². The highest BCUT2D eigenvalue weighted by molar-refractivity contribution is 5.86. The van der Waals surface area contributed by atoms with Crippen LogP contribution in [0.25, 0.3) is 0 Å². The summed E-state index contributed by atoms with van der Waals surface area (Å²) in [5.41, 5.74) is 45.7. The summed E-state index contributed by atoms with van der Waals surface area (Å²) in [6.07, 6.45) is -3.40. The van der Waals surface area contributed by atoms with Gasteiger partial charge >= 0.3 is 12.2 Å². The summed E-state index contributed by atoms with van der Waals surface area (Å²) in [6.45, 7) is 0. The van der Waals surface area contributed by atoms with Gasteiger partial charge in [-0.1, -0.05) is 0 Å². The summed E-state index contributed by atoms with van der Waals surface area (Å²) in [6, 6.07) is 11.2. The Labute approximate surface area is 240 Å². The fourth-order valence-corrected chi connectivity index (χ4v) is 4.11. The van der Waals surface area contributed by atoms with Gasteiger partial charge in [-0.3, -0.25) is 10.6 Å². The van der Waals surface area contributed by atoms with E-state index in [-0.39, 0.29) is 36.7 Å². The number of ether oxygens (including phenoxy) is 2. The number of amides is 2. The van der Waals surface area contributed by atoms with Crippen molar-refractivity contribution in [1.82, 2.24) is 0 Å². The van der Waals surface area contributed by atoms with Crippen LogP contribution in [0.5, 0.6) is 0 Å². The molecule has 18 N–H and O–H groups in total. The Morgan fingerprint density at radius 2 is 0.929 bits per heavy atom. The van der Waals surface area contributed by atoms with Crippen molar-refractivity contribution in [2.24, 2.45) is 65.8 Å². The van der Waals surface area contributed by atoms with Crippen molar-refractivity contribution in [3.8, 4) is 0 Å². The van der Waals surface area contributed by atoms with Crippen LogP contribution in [-0.2, 0) is 9.47 Å². The highest BCUT2D eigenvalue weighted by atomic mass is 16.6. The second-order valence-electron chi connectivity index (χ2n) is 9.02. The Hall–Kier alpha value is -5.94. The monoisotopic (exact) mass is 582 g/mol. The van der Waals surface area contributed by atoms with E-state index in [4.69, 9.17) is 55.3 Å². The van der Waals surface area contributed by atoms with Gasteiger partial charge in [-0.05, 0) is 55.0 Å². The molecule has 42 heavy (non-hydrogen) atoms. The number of carbonyl (C=O) groups is 2. The number of nitrogens with one attached hydrogen (secondary N) is 2. The minimum Gasteiger partial charge on any atom is -0.444 e. The van der Waals surface area contributed by atoms with E-state index in [1.807, 2.05) is 0 Å². The molecule has 4 atom stereocenters. The molecule has 0 aliphatic heterocycles. The number of rotatable bonds is 8. The van der Waals surface area contributed by atoms with Crippen LogP contribution in [0.3, 0.4) is 0 Å². The molecule has 1 aliphatic carbocycles. The zero-order valence-corrected chi connectivity index (χ0v) is 22.4. The molecule has 3 rings (SSSR count). The van der Waals surface area contributed by atoms with Crippen molar-refractivity contribution >= 4 is 58.8 Å². The molecule has 1 saturated carbocycles. The van der Waals surface area contributed by atoms with Gasteiger partial charge in [0.25, 0.3) is 0 Å². The topological polar surface area (TPSA) is 334 Å². The summed E-state index contributed by atoms with van der Waals surface area (Å²) in [7, 11) is 0. The molecular weight excluding hydrogens is 548 g/mol. The lowest BCUT2D eigenvalue weighted by Gasteiger charge is -2.37. The van der Waals surface area contributed by atoms with Gasteiger partial charge in [-0.2, -0.15) is 0 Å². The van der Waals surface area contributed by atoms with E-state index in [2.05, 4.69) is 30.6 Å². The van der Waals surface area contributed by atoms with E-state index >= 15 is 0 Å². The number of carbonyl (C=O) groups excluding carboxylic acids is 2. The minimum atomic E-state index is -0.921. The van der Waals surface area contributed by atoms with Crippen molar-refractivity contribution in [1.29, 1.82) is 0 Å². The zero-order chi connectivity index (χ0) is 30.8. The maximum absolute atomic E-state index is 12.8. The average molecular weight is 583 g/mol. The first-order chi connectivity index (χ1) is 19.9. The molecule has 0 saturated heterocycles. The maximum Gasteiger partial charge on any atom is 0.411 e.